The lowest BCUT2D eigenvalue weighted by Crippen LogP contribution is -2.20. The minimum absolute atomic E-state index is 0.144. The lowest BCUT2D eigenvalue weighted by molar-refractivity contribution is -0.140. The largest absolute Gasteiger partial charge is 0.440 e. The van der Waals surface area contributed by atoms with E-state index in [0.717, 1.165) is 6.20 Å². The molecule has 0 amide bonds. The predicted octanol–water partition coefficient (Wildman–Crippen LogP) is 3.49. The zero-order valence-electron chi connectivity index (χ0n) is 16.7. The third-order valence-electron chi connectivity index (χ3n) is 4.60. The van der Waals surface area contributed by atoms with Crippen LogP contribution in [0.3, 0.4) is 0 Å². The number of H-pyrrole nitrogens is 1. The SMILES string of the molecule is Fc1cccnc1CNc1nccc2oc(CCNCCc3ncc(C(F)(F)F)[nH]3)nc12. The number of hydrogen-bond donors (Lipinski definition) is 3. The van der Waals surface area contributed by atoms with Gasteiger partial charge < -0.3 is 20.0 Å². The van der Waals surface area contributed by atoms with Crippen molar-refractivity contribution < 1.29 is 22.0 Å². The molecule has 4 rings (SSSR count). The molecule has 8 nitrogen and oxygen atoms in total. The summed E-state index contributed by atoms with van der Waals surface area (Å²) in [7, 11) is 0. The highest BCUT2D eigenvalue weighted by Crippen LogP contribution is 2.27. The third kappa shape index (κ3) is 5.19. The fourth-order valence-electron chi connectivity index (χ4n) is 3.01. The molecule has 0 bridgehead atoms. The van der Waals surface area contributed by atoms with Gasteiger partial charge in [0.1, 0.15) is 17.3 Å². The van der Waals surface area contributed by atoms with Gasteiger partial charge in [0.05, 0.1) is 18.4 Å². The van der Waals surface area contributed by atoms with E-state index in [-0.39, 0.29) is 18.1 Å². The van der Waals surface area contributed by atoms with E-state index < -0.39 is 17.7 Å². The van der Waals surface area contributed by atoms with Crippen molar-refractivity contribution in [3.8, 4) is 0 Å². The van der Waals surface area contributed by atoms with Gasteiger partial charge in [-0.1, -0.05) is 0 Å². The van der Waals surface area contributed by atoms with E-state index >= 15 is 0 Å². The normalized spacial score (nSPS) is 11.9. The molecule has 0 aliphatic heterocycles. The lowest BCUT2D eigenvalue weighted by atomic mass is 10.3. The minimum Gasteiger partial charge on any atom is -0.440 e. The number of hydrogen-bond acceptors (Lipinski definition) is 7. The lowest BCUT2D eigenvalue weighted by Gasteiger charge is -2.05. The topological polar surface area (TPSA) is 105 Å². The maximum absolute atomic E-state index is 13.8. The van der Waals surface area contributed by atoms with Crippen LogP contribution in [0.2, 0.25) is 0 Å². The van der Waals surface area contributed by atoms with Gasteiger partial charge in [0, 0.05) is 44.4 Å². The van der Waals surface area contributed by atoms with E-state index in [9.17, 15) is 17.6 Å². The number of imidazole rings is 1. The highest BCUT2D eigenvalue weighted by Gasteiger charge is 2.32. The molecule has 0 aliphatic rings. The van der Waals surface area contributed by atoms with Gasteiger partial charge in [-0.2, -0.15) is 13.2 Å². The van der Waals surface area contributed by atoms with Crippen molar-refractivity contribution >= 4 is 16.9 Å². The van der Waals surface area contributed by atoms with Crippen LogP contribution in [0.4, 0.5) is 23.4 Å². The van der Waals surface area contributed by atoms with Crippen LogP contribution < -0.4 is 10.6 Å². The smallest absolute Gasteiger partial charge is 0.432 e. The number of aromatic nitrogens is 5. The zero-order chi connectivity index (χ0) is 22.6. The van der Waals surface area contributed by atoms with Crippen LogP contribution in [0.15, 0.2) is 41.2 Å². The van der Waals surface area contributed by atoms with Crippen LogP contribution >= 0.6 is 0 Å². The molecule has 4 heterocycles. The summed E-state index contributed by atoms with van der Waals surface area (Å²) in [6, 6.07) is 4.53. The fraction of sp³-hybridized carbons (Fsp3) is 0.300. The quantitative estimate of drug-likeness (QED) is 0.265. The number of halogens is 4. The van der Waals surface area contributed by atoms with Gasteiger partial charge in [0.15, 0.2) is 22.8 Å². The summed E-state index contributed by atoms with van der Waals surface area (Å²) in [6.45, 7) is 1.09. The van der Waals surface area contributed by atoms with E-state index in [4.69, 9.17) is 4.42 Å². The number of alkyl halides is 3. The van der Waals surface area contributed by atoms with E-state index in [0.29, 0.717) is 48.7 Å². The molecule has 0 fully saturated rings. The second-order valence-corrected chi connectivity index (χ2v) is 6.89. The zero-order valence-corrected chi connectivity index (χ0v) is 16.7. The van der Waals surface area contributed by atoms with E-state index in [1.807, 2.05) is 0 Å². The maximum atomic E-state index is 13.8. The van der Waals surface area contributed by atoms with Gasteiger partial charge in [0.2, 0.25) is 0 Å². The van der Waals surface area contributed by atoms with Crippen molar-refractivity contribution in [1.82, 2.24) is 30.2 Å². The van der Waals surface area contributed by atoms with Crippen molar-refractivity contribution in [2.24, 2.45) is 0 Å². The number of rotatable bonds is 9. The average molecular weight is 449 g/mol. The van der Waals surface area contributed by atoms with Crippen molar-refractivity contribution in [3.63, 3.8) is 0 Å². The first-order valence-electron chi connectivity index (χ1n) is 9.79. The highest BCUT2D eigenvalue weighted by molar-refractivity contribution is 5.83. The molecule has 0 aliphatic carbocycles. The Labute approximate surface area is 179 Å². The molecule has 32 heavy (non-hydrogen) atoms. The Morgan fingerprint density at radius 2 is 1.88 bits per heavy atom. The summed E-state index contributed by atoms with van der Waals surface area (Å²) in [6.07, 6.45) is 0.220. The predicted molar refractivity (Wildman–Crippen MR) is 107 cm³/mol. The third-order valence-corrected chi connectivity index (χ3v) is 4.60. The molecule has 0 atom stereocenters. The molecule has 3 N–H and O–H groups in total. The summed E-state index contributed by atoms with van der Waals surface area (Å²) in [5.41, 5.74) is 0.462. The van der Waals surface area contributed by atoms with Gasteiger partial charge in [-0.3, -0.25) is 4.98 Å². The molecule has 168 valence electrons. The monoisotopic (exact) mass is 449 g/mol. The highest BCUT2D eigenvalue weighted by atomic mass is 19.4. The van der Waals surface area contributed by atoms with Crippen LogP contribution in [0, 0.1) is 5.82 Å². The molecule has 4 aromatic rings. The molecule has 0 unspecified atom stereocenters. The average Bonchev–Trinajstić information content (AvgIpc) is 3.40. The van der Waals surface area contributed by atoms with Gasteiger partial charge >= 0.3 is 6.18 Å². The molecule has 12 heteroatoms. The number of anilines is 1. The molecule has 0 saturated heterocycles. The Bertz CT molecular complexity index is 1190. The maximum Gasteiger partial charge on any atom is 0.432 e. The molecular formula is C20H19F4N7O. The Hall–Kier alpha value is -3.54. The van der Waals surface area contributed by atoms with Crippen LogP contribution in [0.5, 0.6) is 0 Å². The van der Waals surface area contributed by atoms with Crippen LogP contribution in [0.25, 0.3) is 11.1 Å². The van der Waals surface area contributed by atoms with Gasteiger partial charge in [0.25, 0.3) is 0 Å². The second-order valence-electron chi connectivity index (χ2n) is 6.89. The fourth-order valence-corrected chi connectivity index (χ4v) is 3.01. The minimum atomic E-state index is -4.43. The Balaban J connectivity index is 1.29. The Morgan fingerprint density at radius 1 is 1.03 bits per heavy atom. The second kappa shape index (κ2) is 9.30. The van der Waals surface area contributed by atoms with Gasteiger partial charge in [-0.15, -0.1) is 0 Å². The number of oxazole rings is 1. The molecule has 4 aromatic heterocycles. The van der Waals surface area contributed by atoms with Crippen LogP contribution in [-0.4, -0.2) is 38.0 Å². The summed E-state index contributed by atoms with van der Waals surface area (Å²) < 4.78 is 57.2. The number of nitrogens with one attached hydrogen (secondary N) is 3. The van der Waals surface area contributed by atoms with Crippen molar-refractivity contribution in [3.05, 3.63) is 65.7 Å². The van der Waals surface area contributed by atoms with Gasteiger partial charge in [-0.05, 0) is 12.1 Å². The summed E-state index contributed by atoms with van der Waals surface area (Å²) in [5.74, 6) is 0.778. The Kier molecular flexibility index (Phi) is 6.30. The van der Waals surface area contributed by atoms with Gasteiger partial charge in [-0.25, -0.2) is 19.3 Å². The number of pyridine rings is 2. The van der Waals surface area contributed by atoms with Crippen molar-refractivity contribution in [1.29, 1.82) is 0 Å². The standard InChI is InChI=1S/C20H19F4N7O/c21-12-2-1-6-26-13(12)10-29-19-18-14(3-9-27-19)32-17(31-18)5-8-25-7-4-16-28-11-15(30-16)20(22,23)24/h1-3,6,9,11,25H,4-5,7-8,10H2,(H,27,29)(H,28,30). The first-order chi connectivity index (χ1) is 15.4. The Morgan fingerprint density at radius 3 is 2.66 bits per heavy atom. The van der Waals surface area contributed by atoms with Crippen molar-refractivity contribution in [2.75, 3.05) is 18.4 Å². The summed E-state index contributed by atoms with van der Waals surface area (Å²) >= 11 is 0. The molecule has 0 aromatic carbocycles. The van der Waals surface area contributed by atoms with Crippen LogP contribution in [0.1, 0.15) is 23.1 Å². The first-order valence-corrected chi connectivity index (χ1v) is 9.79. The van der Waals surface area contributed by atoms with E-state index in [1.165, 1.54) is 18.3 Å². The number of nitrogens with zero attached hydrogens (tertiary/aromatic N) is 4. The molecule has 0 saturated carbocycles. The summed E-state index contributed by atoms with van der Waals surface area (Å²) in [4.78, 5) is 18.7. The molecule has 0 spiro atoms. The summed E-state index contributed by atoms with van der Waals surface area (Å²) in [5, 5.41) is 6.14. The number of aromatic amines is 1. The van der Waals surface area contributed by atoms with E-state index in [1.54, 1.807) is 12.3 Å². The molecule has 0 radical (unpaired) electrons. The van der Waals surface area contributed by atoms with Crippen LogP contribution in [-0.2, 0) is 25.6 Å². The number of fused-ring (bicyclic) bond motifs is 1. The van der Waals surface area contributed by atoms with Crippen molar-refractivity contribution in [2.45, 2.75) is 25.6 Å². The molecular weight excluding hydrogens is 430 g/mol. The first kappa shape index (κ1) is 21.7. The van der Waals surface area contributed by atoms with E-state index in [2.05, 4.69) is 35.6 Å².